The number of hydrogen-bond acceptors (Lipinski definition) is 3. The van der Waals surface area contributed by atoms with Crippen molar-refractivity contribution in [2.24, 2.45) is 0 Å². The Bertz CT molecular complexity index is 844. The van der Waals surface area contributed by atoms with Crippen LogP contribution in [0.2, 0.25) is 0 Å². The second kappa shape index (κ2) is 8.22. The van der Waals surface area contributed by atoms with Gasteiger partial charge in [-0.3, -0.25) is 10.1 Å². The van der Waals surface area contributed by atoms with Crippen molar-refractivity contribution in [1.29, 1.82) is 0 Å². The van der Waals surface area contributed by atoms with Gasteiger partial charge in [0.05, 0.1) is 11.0 Å². The summed E-state index contributed by atoms with van der Waals surface area (Å²) in [6.45, 7) is 0. The molecule has 0 aliphatic rings. The summed E-state index contributed by atoms with van der Waals surface area (Å²) < 4.78 is 0. The standard InChI is InChI=1S/C20H17N3O2S/c24-23(25)18-13-11-17(12-14-18)21-20(26)22-19(15-7-3-1-4-8-15)16-9-5-2-6-10-16/h1-14,19H,(H2,21,22,26). The summed E-state index contributed by atoms with van der Waals surface area (Å²) in [4.78, 5) is 10.3. The van der Waals surface area contributed by atoms with Gasteiger partial charge in [-0.25, -0.2) is 0 Å². The Balaban J connectivity index is 1.76. The average Bonchev–Trinajstić information content (AvgIpc) is 2.68. The first-order valence-electron chi connectivity index (χ1n) is 8.05. The molecule has 0 fully saturated rings. The third-order valence-corrected chi connectivity index (χ3v) is 4.10. The van der Waals surface area contributed by atoms with E-state index in [2.05, 4.69) is 10.6 Å². The highest BCUT2D eigenvalue weighted by atomic mass is 32.1. The minimum absolute atomic E-state index is 0.0425. The van der Waals surface area contributed by atoms with Crippen LogP contribution in [0.25, 0.3) is 0 Å². The second-order valence-corrected chi connectivity index (χ2v) is 6.07. The number of nitrogens with one attached hydrogen (secondary N) is 2. The van der Waals surface area contributed by atoms with Gasteiger partial charge in [0.2, 0.25) is 0 Å². The molecule has 26 heavy (non-hydrogen) atoms. The zero-order chi connectivity index (χ0) is 18.4. The molecule has 0 bridgehead atoms. The minimum Gasteiger partial charge on any atom is -0.352 e. The molecule has 0 spiro atoms. The minimum atomic E-state index is -0.429. The zero-order valence-electron chi connectivity index (χ0n) is 13.8. The maximum atomic E-state index is 10.7. The fraction of sp³-hybridized carbons (Fsp3) is 0.0500. The SMILES string of the molecule is O=[N+]([O-])c1ccc(NC(=S)NC(c2ccccc2)c2ccccc2)cc1. The molecule has 0 radical (unpaired) electrons. The maximum Gasteiger partial charge on any atom is 0.269 e. The van der Waals surface area contributed by atoms with E-state index in [1.807, 2.05) is 60.7 Å². The third kappa shape index (κ3) is 4.43. The van der Waals surface area contributed by atoms with Gasteiger partial charge in [-0.1, -0.05) is 60.7 Å². The first-order valence-corrected chi connectivity index (χ1v) is 8.46. The molecule has 3 aromatic carbocycles. The van der Waals surface area contributed by atoms with E-state index in [0.717, 1.165) is 11.1 Å². The summed E-state index contributed by atoms with van der Waals surface area (Å²) >= 11 is 5.44. The molecule has 0 atom stereocenters. The summed E-state index contributed by atoms with van der Waals surface area (Å²) in [5, 5.41) is 17.6. The highest BCUT2D eigenvalue weighted by Gasteiger charge is 2.15. The Morgan fingerprint density at radius 1 is 0.846 bits per heavy atom. The Labute approximate surface area is 156 Å². The number of nitro groups is 1. The van der Waals surface area contributed by atoms with Gasteiger partial charge in [-0.15, -0.1) is 0 Å². The fourth-order valence-electron chi connectivity index (χ4n) is 2.61. The van der Waals surface area contributed by atoms with Crippen LogP contribution in [-0.2, 0) is 0 Å². The van der Waals surface area contributed by atoms with E-state index in [0.29, 0.717) is 10.8 Å². The van der Waals surface area contributed by atoms with Crippen molar-refractivity contribution >= 4 is 28.7 Å². The lowest BCUT2D eigenvalue weighted by atomic mass is 9.99. The van der Waals surface area contributed by atoms with Crippen molar-refractivity contribution in [3.8, 4) is 0 Å². The number of thiocarbonyl (C=S) groups is 1. The van der Waals surface area contributed by atoms with Gasteiger partial charge in [0.15, 0.2) is 5.11 Å². The van der Waals surface area contributed by atoms with Crippen LogP contribution >= 0.6 is 12.2 Å². The largest absolute Gasteiger partial charge is 0.352 e. The van der Waals surface area contributed by atoms with Crippen LogP contribution in [0.15, 0.2) is 84.9 Å². The van der Waals surface area contributed by atoms with Gasteiger partial charge < -0.3 is 10.6 Å². The quantitative estimate of drug-likeness (QED) is 0.392. The number of hydrogen-bond donors (Lipinski definition) is 2. The van der Waals surface area contributed by atoms with Gasteiger partial charge in [0, 0.05) is 17.8 Å². The molecule has 0 amide bonds. The lowest BCUT2D eigenvalue weighted by Crippen LogP contribution is -2.32. The summed E-state index contributed by atoms with van der Waals surface area (Å²) in [6.07, 6.45) is 0. The van der Waals surface area contributed by atoms with E-state index in [1.54, 1.807) is 12.1 Å². The van der Waals surface area contributed by atoms with Crippen LogP contribution < -0.4 is 10.6 Å². The van der Waals surface area contributed by atoms with Crippen molar-refractivity contribution in [2.75, 3.05) is 5.32 Å². The molecule has 5 nitrogen and oxygen atoms in total. The Kier molecular flexibility index (Phi) is 5.56. The van der Waals surface area contributed by atoms with E-state index < -0.39 is 4.92 Å². The van der Waals surface area contributed by atoms with Crippen LogP contribution in [-0.4, -0.2) is 10.0 Å². The summed E-state index contributed by atoms with van der Waals surface area (Å²) in [5.74, 6) is 0. The van der Waals surface area contributed by atoms with Crippen molar-refractivity contribution in [1.82, 2.24) is 5.32 Å². The topological polar surface area (TPSA) is 67.2 Å². The second-order valence-electron chi connectivity index (χ2n) is 5.66. The predicted octanol–water partition coefficient (Wildman–Crippen LogP) is 4.67. The van der Waals surface area contributed by atoms with Crippen molar-refractivity contribution < 1.29 is 4.92 Å². The van der Waals surface area contributed by atoms with Gasteiger partial charge in [0.25, 0.3) is 5.69 Å². The normalized spacial score (nSPS) is 10.3. The number of anilines is 1. The smallest absolute Gasteiger partial charge is 0.269 e. The van der Waals surface area contributed by atoms with Crippen molar-refractivity contribution in [2.45, 2.75) is 6.04 Å². The summed E-state index contributed by atoms with van der Waals surface area (Å²) in [5.41, 5.74) is 2.91. The summed E-state index contributed by atoms with van der Waals surface area (Å²) in [7, 11) is 0. The molecular weight excluding hydrogens is 346 g/mol. The van der Waals surface area contributed by atoms with E-state index in [-0.39, 0.29) is 11.7 Å². The van der Waals surface area contributed by atoms with Crippen LogP contribution in [0.3, 0.4) is 0 Å². The van der Waals surface area contributed by atoms with Gasteiger partial charge >= 0.3 is 0 Å². The van der Waals surface area contributed by atoms with E-state index in [9.17, 15) is 10.1 Å². The van der Waals surface area contributed by atoms with Crippen LogP contribution in [0.5, 0.6) is 0 Å². The summed E-state index contributed by atoms with van der Waals surface area (Å²) in [6, 6.07) is 26.1. The molecule has 3 rings (SSSR count). The van der Waals surface area contributed by atoms with E-state index >= 15 is 0 Å². The molecule has 0 unspecified atom stereocenters. The molecule has 0 heterocycles. The Morgan fingerprint density at radius 2 is 1.35 bits per heavy atom. The molecule has 0 aromatic heterocycles. The zero-order valence-corrected chi connectivity index (χ0v) is 14.6. The Hall–Kier alpha value is -3.25. The molecule has 0 saturated heterocycles. The van der Waals surface area contributed by atoms with Crippen LogP contribution in [0, 0.1) is 10.1 Å². The maximum absolute atomic E-state index is 10.7. The Morgan fingerprint density at radius 3 is 1.81 bits per heavy atom. The molecule has 3 aromatic rings. The van der Waals surface area contributed by atoms with Gasteiger partial charge in [0.1, 0.15) is 0 Å². The molecule has 2 N–H and O–H groups in total. The number of benzene rings is 3. The monoisotopic (exact) mass is 363 g/mol. The molecule has 0 saturated carbocycles. The first kappa shape index (κ1) is 17.6. The number of nitrogens with zero attached hydrogens (tertiary/aromatic N) is 1. The number of nitro benzene ring substituents is 1. The van der Waals surface area contributed by atoms with Gasteiger partial charge in [-0.2, -0.15) is 0 Å². The van der Waals surface area contributed by atoms with Gasteiger partial charge in [-0.05, 0) is 35.5 Å². The number of non-ortho nitro benzene ring substituents is 1. The number of rotatable bonds is 5. The fourth-order valence-corrected chi connectivity index (χ4v) is 2.85. The van der Waals surface area contributed by atoms with Crippen LogP contribution in [0.4, 0.5) is 11.4 Å². The molecular formula is C20H17N3O2S. The molecule has 6 heteroatoms. The highest BCUT2D eigenvalue weighted by Crippen LogP contribution is 2.22. The third-order valence-electron chi connectivity index (χ3n) is 3.88. The first-order chi connectivity index (χ1) is 12.6. The van der Waals surface area contributed by atoms with E-state index in [4.69, 9.17) is 12.2 Å². The molecule has 130 valence electrons. The van der Waals surface area contributed by atoms with Crippen LogP contribution in [0.1, 0.15) is 17.2 Å². The predicted molar refractivity (Wildman–Crippen MR) is 107 cm³/mol. The van der Waals surface area contributed by atoms with Crippen molar-refractivity contribution in [3.63, 3.8) is 0 Å². The lowest BCUT2D eigenvalue weighted by Gasteiger charge is -2.22. The lowest BCUT2D eigenvalue weighted by molar-refractivity contribution is -0.384. The molecule has 0 aliphatic heterocycles. The average molecular weight is 363 g/mol. The highest BCUT2D eigenvalue weighted by molar-refractivity contribution is 7.80. The molecule has 0 aliphatic carbocycles. The van der Waals surface area contributed by atoms with E-state index in [1.165, 1.54) is 12.1 Å². The van der Waals surface area contributed by atoms with Crippen molar-refractivity contribution in [3.05, 3.63) is 106 Å².